The van der Waals surface area contributed by atoms with Gasteiger partial charge in [0.1, 0.15) is 5.75 Å². The van der Waals surface area contributed by atoms with Gasteiger partial charge in [0.25, 0.3) is 5.91 Å². The molecular formula is C15H21ClN2O2. The second kappa shape index (κ2) is 6.46. The third-order valence-corrected chi connectivity index (χ3v) is 4.00. The summed E-state index contributed by atoms with van der Waals surface area (Å²) in [5.41, 5.74) is 0.944. The molecule has 1 fully saturated rings. The predicted octanol–water partition coefficient (Wildman–Crippen LogP) is 2.24. The second-order valence-electron chi connectivity index (χ2n) is 5.26. The van der Waals surface area contributed by atoms with Crippen LogP contribution in [0.25, 0.3) is 0 Å². The molecule has 20 heavy (non-hydrogen) atoms. The first-order valence-corrected chi connectivity index (χ1v) is 7.31. The van der Waals surface area contributed by atoms with Gasteiger partial charge in [0.05, 0.1) is 0 Å². The Labute approximate surface area is 125 Å². The number of halogens is 1. The fraction of sp³-hybridized carbons (Fsp3) is 0.533. The van der Waals surface area contributed by atoms with E-state index >= 15 is 0 Å². The summed E-state index contributed by atoms with van der Waals surface area (Å²) in [6, 6.07) is 5.64. The predicted molar refractivity (Wildman–Crippen MR) is 80.3 cm³/mol. The molecular weight excluding hydrogens is 276 g/mol. The van der Waals surface area contributed by atoms with Gasteiger partial charge < -0.3 is 15.0 Å². The Morgan fingerprint density at radius 1 is 1.55 bits per heavy atom. The van der Waals surface area contributed by atoms with Gasteiger partial charge in [-0.1, -0.05) is 11.6 Å². The molecule has 1 aromatic carbocycles. The van der Waals surface area contributed by atoms with E-state index in [9.17, 15) is 4.79 Å². The standard InChI is InChI=1S/C15H21ClN2O2/c1-10-8-13(4-5-14(10)16)20-12(3)15(19)18-7-6-17-9-11(18)2/h4-5,8,11-12,17H,6-7,9H2,1-3H3/t11-,12?/m0/s1. The number of carbonyl (C=O) groups excluding carboxylic acids is 1. The average molecular weight is 297 g/mol. The molecule has 4 nitrogen and oxygen atoms in total. The highest BCUT2D eigenvalue weighted by Crippen LogP contribution is 2.22. The third kappa shape index (κ3) is 3.44. The highest BCUT2D eigenvalue weighted by atomic mass is 35.5. The first-order chi connectivity index (χ1) is 9.49. The van der Waals surface area contributed by atoms with Crippen molar-refractivity contribution < 1.29 is 9.53 Å². The Hall–Kier alpha value is -1.26. The number of amides is 1. The van der Waals surface area contributed by atoms with E-state index in [0.717, 1.165) is 25.2 Å². The summed E-state index contributed by atoms with van der Waals surface area (Å²) in [4.78, 5) is 14.3. The second-order valence-corrected chi connectivity index (χ2v) is 5.66. The summed E-state index contributed by atoms with van der Waals surface area (Å²) in [6.45, 7) is 8.15. The van der Waals surface area contributed by atoms with Gasteiger partial charge in [-0.15, -0.1) is 0 Å². The third-order valence-electron chi connectivity index (χ3n) is 3.57. The van der Waals surface area contributed by atoms with Gasteiger partial charge in [0, 0.05) is 30.7 Å². The zero-order valence-electron chi connectivity index (χ0n) is 12.1. The van der Waals surface area contributed by atoms with Gasteiger partial charge in [-0.2, -0.15) is 0 Å². The normalized spacial score (nSPS) is 20.6. The molecule has 1 aromatic rings. The average Bonchev–Trinajstić information content (AvgIpc) is 2.42. The van der Waals surface area contributed by atoms with E-state index in [4.69, 9.17) is 16.3 Å². The van der Waals surface area contributed by atoms with E-state index in [1.807, 2.05) is 24.8 Å². The highest BCUT2D eigenvalue weighted by Gasteiger charge is 2.27. The van der Waals surface area contributed by atoms with Gasteiger partial charge in [-0.3, -0.25) is 4.79 Å². The smallest absolute Gasteiger partial charge is 0.263 e. The molecule has 1 N–H and O–H groups in total. The largest absolute Gasteiger partial charge is 0.481 e. The molecule has 0 saturated carbocycles. The minimum atomic E-state index is -0.490. The van der Waals surface area contributed by atoms with Gasteiger partial charge in [0.2, 0.25) is 0 Å². The quantitative estimate of drug-likeness (QED) is 0.930. The van der Waals surface area contributed by atoms with Crippen LogP contribution in [-0.4, -0.2) is 42.6 Å². The molecule has 1 aliphatic rings. The number of nitrogens with zero attached hydrogens (tertiary/aromatic N) is 1. The summed E-state index contributed by atoms with van der Waals surface area (Å²) < 4.78 is 5.74. The fourth-order valence-electron chi connectivity index (χ4n) is 2.35. The lowest BCUT2D eigenvalue weighted by Gasteiger charge is -2.35. The minimum Gasteiger partial charge on any atom is -0.481 e. The number of piperazine rings is 1. The van der Waals surface area contributed by atoms with Crippen molar-refractivity contribution in [2.45, 2.75) is 32.9 Å². The molecule has 110 valence electrons. The molecule has 1 saturated heterocycles. The summed E-state index contributed by atoms with van der Waals surface area (Å²) in [7, 11) is 0. The number of rotatable bonds is 3. The number of nitrogens with one attached hydrogen (secondary N) is 1. The van der Waals surface area contributed by atoms with E-state index in [0.29, 0.717) is 10.8 Å². The maximum absolute atomic E-state index is 12.4. The van der Waals surface area contributed by atoms with Crippen molar-refractivity contribution >= 4 is 17.5 Å². The lowest BCUT2D eigenvalue weighted by Crippen LogP contribution is -2.55. The van der Waals surface area contributed by atoms with Gasteiger partial charge in [-0.05, 0) is 44.5 Å². The van der Waals surface area contributed by atoms with E-state index in [1.54, 1.807) is 19.1 Å². The van der Waals surface area contributed by atoms with Crippen molar-refractivity contribution in [1.29, 1.82) is 0 Å². The maximum atomic E-state index is 12.4. The maximum Gasteiger partial charge on any atom is 0.263 e. The number of benzene rings is 1. The van der Waals surface area contributed by atoms with Crippen molar-refractivity contribution in [2.75, 3.05) is 19.6 Å². The van der Waals surface area contributed by atoms with E-state index < -0.39 is 6.10 Å². The molecule has 0 radical (unpaired) electrons. The molecule has 5 heteroatoms. The van der Waals surface area contributed by atoms with Crippen LogP contribution in [0.5, 0.6) is 5.75 Å². The summed E-state index contributed by atoms with van der Waals surface area (Å²) in [6.07, 6.45) is -0.490. The fourth-order valence-corrected chi connectivity index (χ4v) is 2.46. The van der Waals surface area contributed by atoms with Gasteiger partial charge in [-0.25, -0.2) is 0 Å². The first-order valence-electron chi connectivity index (χ1n) is 6.93. The number of hydrogen-bond donors (Lipinski definition) is 1. The lowest BCUT2D eigenvalue weighted by atomic mass is 10.2. The Kier molecular flexibility index (Phi) is 4.89. The molecule has 0 aromatic heterocycles. The first kappa shape index (κ1) is 15.1. The van der Waals surface area contributed by atoms with Crippen molar-refractivity contribution in [3.05, 3.63) is 28.8 Å². The van der Waals surface area contributed by atoms with Crippen LogP contribution < -0.4 is 10.1 Å². The zero-order chi connectivity index (χ0) is 14.7. The van der Waals surface area contributed by atoms with Crippen LogP contribution in [0.15, 0.2) is 18.2 Å². The summed E-state index contributed by atoms with van der Waals surface area (Å²) >= 11 is 5.98. The van der Waals surface area contributed by atoms with Crippen LogP contribution in [0.3, 0.4) is 0 Å². The monoisotopic (exact) mass is 296 g/mol. The number of carbonyl (C=O) groups is 1. The molecule has 0 bridgehead atoms. The Morgan fingerprint density at radius 3 is 2.95 bits per heavy atom. The number of aryl methyl sites for hydroxylation is 1. The van der Waals surface area contributed by atoms with Gasteiger partial charge in [0.15, 0.2) is 6.10 Å². The lowest BCUT2D eigenvalue weighted by molar-refractivity contribution is -0.140. The molecule has 1 amide bonds. The summed E-state index contributed by atoms with van der Waals surface area (Å²) in [5, 5.41) is 3.97. The Balaban J connectivity index is 2.01. The Bertz CT molecular complexity index is 493. The van der Waals surface area contributed by atoms with Crippen LogP contribution in [0, 0.1) is 6.92 Å². The Morgan fingerprint density at radius 2 is 2.30 bits per heavy atom. The van der Waals surface area contributed by atoms with Crippen molar-refractivity contribution in [2.24, 2.45) is 0 Å². The molecule has 0 aliphatic carbocycles. The van der Waals surface area contributed by atoms with Gasteiger partial charge >= 0.3 is 0 Å². The van der Waals surface area contributed by atoms with E-state index in [2.05, 4.69) is 5.32 Å². The zero-order valence-corrected chi connectivity index (χ0v) is 12.9. The molecule has 2 rings (SSSR count). The minimum absolute atomic E-state index is 0.0339. The number of hydrogen-bond acceptors (Lipinski definition) is 3. The topological polar surface area (TPSA) is 41.6 Å². The van der Waals surface area contributed by atoms with Crippen molar-refractivity contribution in [3.63, 3.8) is 0 Å². The molecule has 0 spiro atoms. The van der Waals surface area contributed by atoms with E-state index in [-0.39, 0.29) is 11.9 Å². The van der Waals surface area contributed by atoms with E-state index in [1.165, 1.54) is 0 Å². The van der Waals surface area contributed by atoms with Crippen LogP contribution in [-0.2, 0) is 4.79 Å². The SMILES string of the molecule is Cc1cc(OC(C)C(=O)N2CCNC[C@@H]2C)ccc1Cl. The molecule has 2 atom stereocenters. The molecule has 1 heterocycles. The molecule has 1 aliphatic heterocycles. The highest BCUT2D eigenvalue weighted by molar-refractivity contribution is 6.31. The van der Waals surface area contributed by atoms with Crippen LogP contribution in [0.2, 0.25) is 5.02 Å². The van der Waals surface area contributed by atoms with Crippen LogP contribution >= 0.6 is 11.6 Å². The van der Waals surface area contributed by atoms with Crippen molar-refractivity contribution in [3.8, 4) is 5.75 Å². The van der Waals surface area contributed by atoms with Crippen molar-refractivity contribution in [1.82, 2.24) is 10.2 Å². The number of ether oxygens (including phenoxy) is 1. The van der Waals surface area contributed by atoms with Crippen LogP contribution in [0.1, 0.15) is 19.4 Å². The molecule has 1 unspecified atom stereocenters. The summed E-state index contributed by atoms with van der Waals surface area (Å²) in [5.74, 6) is 0.710. The van der Waals surface area contributed by atoms with Crippen LogP contribution in [0.4, 0.5) is 0 Å².